The van der Waals surface area contributed by atoms with E-state index in [0.717, 1.165) is 36.3 Å². The number of sulfonamides is 1. The van der Waals surface area contributed by atoms with Crippen LogP contribution >= 0.6 is 0 Å². The zero-order valence-corrected chi connectivity index (χ0v) is 16.1. The molecule has 1 N–H and O–H groups in total. The van der Waals surface area contributed by atoms with Gasteiger partial charge in [0.1, 0.15) is 0 Å². The Morgan fingerprint density at radius 1 is 1.19 bits per heavy atom. The van der Waals surface area contributed by atoms with Crippen molar-refractivity contribution in [3.05, 3.63) is 63.7 Å². The molecule has 4 rings (SSSR count). The highest BCUT2D eigenvalue weighted by molar-refractivity contribution is 7.92. The fraction of sp³-hybridized carbons (Fsp3) is 0.368. The molecule has 2 heterocycles. The number of quaternary nitrogens is 1. The van der Waals surface area contributed by atoms with E-state index in [1.165, 1.54) is 29.2 Å². The molecule has 2 aliphatic heterocycles. The van der Waals surface area contributed by atoms with Gasteiger partial charge in [0.25, 0.3) is 15.7 Å². The van der Waals surface area contributed by atoms with Crippen LogP contribution in [0.1, 0.15) is 23.5 Å². The highest BCUT2D eigenvalue weighted by Gasteiger charge is 2.48. The largest absolute Gasteiger partial charge is 0.337 e. The summed E-state index contributed by atoms with van der Waals surface area (Å²) in [5.41, 5.74) is 2.82. The Hall–Kier alpha value is -2.45. The van der Waals surface area contributed by atoms with Crippen LogP contribution in [0.3, 0.4) is 0 Å². The van der Waals surface area contributed by atoms with Crippen LogP contribution in [-0.4, -0.2) is 39.5 Å². The predicted molar refractivity (Wildman–Crippen MR) is 102 cm³/mol. The maximum absolute atomic E-state index is 13.4. The number of nitro groups is 1. The van der Waals surface area contributed by atoms with E-state index in [9.17, 15) is 18.5 Å². The van der Waals surface area contributed by atoms with Gasteiger partial charge < -0.3 is 4.90 Å². The average molecular weight is 388 g/mol. The number of piperidine rings is 1. The number of nitrogens with zero attached hydrogens (tertiary/aromatic N) is 2. The maximum atomic E-state index is 13.4. The lowest BCUT2D eigenvalue weighted by Gasteiger charge is -2.34. The Bertz CT molecular complexity index is 1000. The number of nitrogens with one attached hydrogen (secondary N) is 1. The molecule has 0 aromatic heterocycles. The quantitative estimate of drug-likeness (QED) is 0.638. The summed E-state index contributed by atoms with van der Waals surface area (Å²) in [5.74, 6) is 0.168. The standard InChI is InChI=1S/C19H21N3O4S/c1-13-3-8-18-16(11-13)17-12-20(2)10-9-19(17)21(18)27(25,26)15-6-4-14(5-7-15)22(23)24/h3-8,11,17,19H,9-10,12H2,1-2H3/p+1. The fourth-order valence-corrected chi connectivity index (χ4v) is 6.06. The third-order valence-electron chi connectivity index (χ3n) is 5.63. The molecule has 0 saturated carbocycles. The highest BCUT2D eigenvalue weighted by atomic mass is 32.2. The predicted octanol–water partition coefficient (Wildman–Crippen LogP) is 1.48. The molecule has 2 aliphatic rings. The van der Waals surface area contributed by atoms with E-state index >= 15 is 0 Å². The molecule has 27 heavy (non-hydrogen) atoms. The molecule has 2 aromatic carbocycles. The number of hydrogen-bond acceptors (Lipinski definition) is 4. The maximum Gasteiger partial charge on any atom is 0.269 e. The Balaban J connectivity index is 1.81. The van der Waals surface area contributed by atoms with Gasteiger partial charge in [-0.3, -0.25) is 14.4 Å². The van der Waals surface area contributed by atoms with Gasteiger partial charge in [-0.15, -0.1) is 0 Å². The van der Waals surface area contributed by atoms with E-state index < -0.39 is 14.9 Å². The summed E-state index contributed by atoms with van der Waals surface area (Å²) in [5, 5.41) is 10.9. The van der Waals surface area contributed by atoms with Crippen LogP contribution in [0.4, 0.5) is 11.4 Å². The first-order chi connectivity index (χ1) is 12.8. The highest BCUT2D eigenvalue weighted by Crippen LogP contribution is 2.45. The zero-order chi connectivity index (χ0) is 19.3. The number of nitro benzene ring substituents is 1. The van der Waals surface area contributed by atoms with Crippen LogP contribution < -0.4 is 9.21 Å². The minimum Gasteiger partial charge on any atom is -0.337 e. The molecule has 0 aliphatic carbocycles. The van der Waals surface area contributed by atoms with Crippen LogP contribution in [-0.2, 0) is 10.0 Å². The number of fused-ring (bicyclic) bond motifs is 3. The monoisotopic (exact) mass is 388 g/mol. The Morgan fingerprint density at radius 3 is 2.56 bits per heavy atom. The van der Waals surface area contributed by atoms with Crippen LogP contribution in [0.15, 0.2) is 47.4 Å². The Labute approximate surface area is 158 Å². The van der Waals surface area contributed by atoms with Gasteiger partial charge >= 0.3 is 0 Å². The van der Waals surface area contributed by atoms with Crippen molar-refractivity contribution in [3.63, 3.8) is 0 Å². The second-order valence-electron chi connectivity index (χ2n) is 7.49. The summed E-state index contributed by atoms with van der Waals surface area (Å²) in [7, 11) is -1.66. The van der Waals surface area contributed by atoms with E-state index in [4.69, 9.17) is 0 Å². The summed E-state index contributed by atoms with van der Waals surface area (Å²) >= 11 is 0. The van der Waals surface area contributed by atoms with Crippen molar-refractivity contribution < 1.29 is 18.2 Å². The summed E-state index contributed by atoms with van der Waals surface area (Å²) < 4.78 is 28.5. The summed E-state index contributed by atoms with van der Waals surface area (Å²) in [6.45, 7) is 3.83. The smallest absolute Gasteiger partial charge is 0.269 e. The average Bonchev–Trinajstić information content (AvgIpc) is 2.95. The molecule has 142 valence electrons. The molecule has 0 spiro atoms. The van der Waals surface area contributed by atoms with Crippen molar-refractivity contribution in [3.8, 4) is 0 Å². The number of likely N-dealkylation sites (N-methyl/N-ethyl adjacent to an activating group) is 1. The molecule has 0 amide bonds. The van der Waals surface area contributed by atoms with Gasteiger partial charge in [-0.25, -0.2) is 8.42 Å². The number of benzene rings is 2. The van der Waals surface area contributed by atoms with Gasteiger partial charge in [0, 0.05) is 18.6 Å². The number of hydrogen-bond donors (Lipinski definition) is 1. The molecular formula is C19H22N3O4S+. The molecule has 1 saturated heterocycles. The molecule has 7 nitrogen and oxygen atoms in total. The third-order valence-corrected chi connectivity index (χ3v) is 7.48. The Kier molecular flexibility index (Phi) is 4.20. The van der Waals surface area contributed by atoms with Crippen LogP contribution in [0.25, 0.3) is 0 Å². The van der Waals surface area contributed by atoms with Gasteiger partial charge in [0.05, 0.1) is 47.6 Å². The summed E-state index contributed by atoms with van der Waals surface area (Å²) in [6, 6.07) is 11.0. The van der Waals surface area contributed by atoms with Crippen molar-refractivity contribution in [1.29, 1.82) is 0 Å². The number of aryl methyl sites for hydroxylation is 1. The minimum absolute atomic E-state index is 0.0894. The molecule has 2 aromatic rings. The van der Waals surface area contributed by atoms with Crippen LogP contribution in [0.5, 0.6) is 0 Å². The number of anilines is 1. The molecule has 3 unspecified atom stereocenters. The van der Waals surface area contributed by atoms with E-state index in [-0.39, 0.29) is 22.5 Å². The van der Waals surface area contributed by atoms with Crippen molar-refractivity contribution in [2.24, 2.45) is 0 Å². The van der Waals surface area contributed by atoms with Gasteiger partial charge in [0.2, 0.25) is 0 Å². The van der Waals surface area contributed by atoms with Crippen molar-refractivity contribution in [2.75, 3.05) is 24.4 Å². The van der Waals surface area contributed by atoms with Gasteiger partial charge in [-0.05, 0) is 30.7 Å². The van der Waals surface area contributed by atoms with E-state index in [0.29, 0.717) is 0 Å². The normalized spacial score (nSPS) is 24.4. The first-order valence-electron chi connectivity index (χ1n) is 9.00. The SMILES string of the molecule is Cc1ccc2c(c1)C1C[NH+](C)CCC1N2S(=O)(=O)c1ccc([N+](=O)[O-])cc1. The van der Waals surface area contributed by atoms with Crippen molar-refractivity contribution in [2.45, 2.75) is 30.2 Å². The number of rotatable bonds is 3. The summed E-state index contributed by atoms with van der Waals surface area (Å²) in [4.78, 5) is 11.8. The van der Waals surface area contributed by atoms with Crippen molar-refractivity contribution in [1.82, 2.24) is 0 Å². The van der Waals surface area contributed by atoms with Crippen LogP contribution in [0, 0.1) is 17.0 Å². The number of non-ortho nitro benzene ring substituents is 1. The Morgan fingerprint density at radius 2 is 1.89 bits per heavy atom. The lowest BCUT2D eigenvalue weighted by atomic mass is 9.89. The van der Waals surface area contributed by atoms with Crippen molar-refractivity contribution >= 4 is 21.4 Å². The zero-order valence-electron chi connectivity index (χ0n) is 15.3. The topological polar surface area (TPSA) is 85.0 Å². The molecule has 1 fully saturated rings. The molecular weight excluding hydrogens is 366 g/mol. The third kappa shape index (κ3) is 2.89. The molecule has 0 bridgehead atoms. The second kappa shape index (κ2) is 6.31. The van der Waals surface area contributed by atoms with E-state index in [1.54, 1.807) is 4.31 Å². The van der Waals surface area contributed by atoms with E-state index in [2.05, 4.69) is 13.1 Å². The molecule has 0 radical (unpaired) electrons. The summed E-state index contributed by atoms with van der Waals surface area (Å²) in [6.07, 6.45) is 0.788. The minimum atomic E-state index is -3.79. The fourth-order valence-electron chi connectivity index (χ4n) is 4.32. The lowest BCUT2D eigenvalue weighted by Crippen LogP contribution is -3.11. The van der Waals surface area contributed by atoms with Gasteiger partial charge in [-0.2, -0.15) is 0 Å². The molecule has 8 heteroatoms. The first kappa shape index (κ1) is 17.9. The van der Waals surface area contributed by atoms with Crippen LogP contribution in [0.2, 0.25) is 0 Å². The van der Waals surface area contributed by atoms with Gasteiger partial charge in [0.15, 0.2) is 0 Å². The first-order valence-corrected chi connectivity index (χ1v) is 10.4. The van der Waals surface area contributed by atoms with E-state index in [1.807, 2.05) is 19.1 Å². The number of likely N-dealkylation sites (tertiary alicyclic amines) is 1. The lowest BCUT2D eigenvalue weighted by molar-refractivity contribution is -0.886. The van der Waals surface area contributed by atoms with Gasteiger partial charge in [-0.1, -0.05) is 17.7 Å². The second-order valence-corrected chi connectivity index (χ2v) is 9.30. The molecule has 3 atom stereocenters.